The fourth-order valence-electron chi connectivity index (χ4n) is 4.27. The Labute approximate surface area is 166 Å². The van der Waals surface area contributed by atoms with Crippen LogP contribution in [0, 0.1) is 0 Å². The first kappa shape index (κ1) is 19.7. The second kappa shape index (κ2) is 7.68. The van der Waals surface area contributed by atoms with E-state index in [1.54, 1.807) is 0 Å². The summed E-state index contributed by atoms with van der Waals surface area (Å²) in [7, 11) is 0. The van der Waals surface area contributed by atoms with E-state index in [0.29, 0.717) is 0 Å². The predicted octanol–water partition coefficient (Wildman–Crippen LogP) is 3.87. The Bertz CT molecular complexity index is 857. The fraction of sp³-hybridized carbons (Fsp3) is 0.381. The van der Waals surface area contributed by atoms with Crippen LogP contribution in [0.25, 0.3) is 11.1 Å². The normalized spacial score (nSPS) is 21.2. The third-order valence-electron chi connectivity index (χ3n) is 5.52. The van der Waals surface area contributed by atoms with Crippen LogP contribution in [0.2, 0.25) is 0 Å². The van der Waals surface area contributed by atoms with Crippen molar-refractivity contribution < 1.29 is 27.4 Å². The molecule has 4 rings (SSSR count). The molecule has 1 amide bonds. The summed E-state index contributed by atoms with van der Waals surface area (Å²) in [6, 6.07) is 15.3. The van der Waals surface area contributed by atoms with E-state index in [1.807, 2.05) is 48.5 Å². The van der Waals surface area contributed by atoms with E-state index in [-0.39, 0.29) is 32.0 Å². The third kappa shape index (κ3) is 3.95. The molecule has 0 unspecified atom stereocenters. The first-order valence-electron chi connectivity index (χ1n) is 9.43. The van der Waals surface area contributed by atoms with Gasteiger partial charge in [0.25, 0.3) is 0 Å². The molecule has 1 saturated heterocycles. The molecule has 2 aromatic carbocycles. The number of halogens is 3. The Hall–Kier alpha value is -2.58. The summed E-state index contributed by atoms with van der Waals surface area (Å²) in [5.41, 5.74) is 9.98. The van der Waals surface area contributed by atoms with Crippen molar-refractivity contribution in [2.45, 2.75) is 30.8 Å². The fourth-order valence-corrected chi connectivity index (χ4v) is 4.27. The standard InChI is InChI=1S/C21H21F3N2O3/c22-21(23,24)29-14-9-13(10-25)26(11-14)20(27)28-12-19-17-7-3-1-5-15(17)16-6-2-4-8-18(16)19/h1-8,13-14,19H,9-12,25H2/t13-,14-/m0/s1. The molecule has 0 saturated carbocycles. The van der Waals surface area contributed by atoms with Crippen LogP contribution in [-0.2, 0) is 9.47 Å². The average Bonchev–Trinajstić information content (AvgIpc) is 3.23. The van der Waals surface area contributed by atoms with Gasteiger partial charge >= 0.3 is 12.5 Å². The first-order valence-corrected chi connectivity index (χ1v) is 9.43. The van der Waals surface area contributed by atoms with Gasteiger partial charge in [0.15, 0.2) is 0 Å². The van der Waals surface area contributed by atoms with Crippen LogP contribution in [0.5, 0.6) is 0 Å². The number of likely N-dealkylation sites (tertiary alicyclic amines) is 1. The molecule has 2 N–H and O–H groups in total. The number of benzene rings is 2. The molecular weight excluding hydrogens is 385 g/mol. The van der Waals surface area contributed by atoms with Gasteiger partial charge in [-0.15, -0.1) is 13.2 Å². The third-order valence-corrected chi connectivity index (χ3v) is 5.52. The zero-order chi connectivity index (χ0) is 20.6. The van der Waals surface area contributed by atoms with Gasteiger partial charge in [-0.1, -0.05) is 48.5 Å². The molecule has 29 heavy (non-hydrogen) atoms. The number of nitrogens with two attached hydrogens (primary N) is 1. The first-order chi connectivity index (χ1) is 13.9. The summed E-state index contributed by atoms with van der Waals surface area (Å²) in [5, 5.41) is 0. The van der Waals surface area contributed by atoms with Crippen molar-refractivity contribution in [3.05, 3.63) is 59.7 Å². The number of fused-ring (bicyclic) bond motifs is 3. The number of ether oxygens (including phenoxy) is 2. The monoisotopic (exact) mass is 406 g/mol. The van der Waals surface area contributed by atoms with Crippen molar-refractivity contribution in [1.29, 1.82) is 0 Å². The molecule has 154 valence electrons. The maximum atomic E-state index is 12.6. The lowest BCUT2D eigenvalue weighted by molar-refractivity contribution is -0.340. The highest BCUT2D eigenvalue weighted by Gasteiger charge is 2.42. The smallest absolute Gasteiger partial charge is 0.448 e. The van der Waals surface area contributed by atoms with E-state index >= 15 is 0 Å². The SMILES string of the molecule is NC[C@@H]1C[C@H](OC(F)(F)F)CN1C(=O)OCC1c2ccccc2-c2ccccc21. The van der Waals surface area contributed by atoms with E-state index in [9.17, 15) is 18.0 Å². The average molecular weight is 406 g/mol. The minimum Gasteiger partial charge on any atom is -0.448 e. The lowest BCUT2D eigenvalue weighted by Gasteiger charge is -2.24. The number of carbonyl (C=O) groups is 1. The van der Waals surface area contributed by atoms with Gasteiger partial charge in [0.05, 0.1) is 12.6 Å². The van der Waals surface area contributed by atoms with Crippen LogP contribution in [0.4, 0.5) is 18.0 Å². The number of amides is 1. The van der Waals surface area contributed by atoms with Crippen LogP contribution in [0.15, 0.2) is 48.5 Å². The molecule has 1 aliphatic heterocycles. The van der Waals surface area contributed by atoms with Crippen molar-refractivity contribution in [1.82, 2.24) is 4.90 Å². The lowest BCUT2D eigenvalue weighted by Crippen LogP contribution is -2.41. The van der Waals surface area contributed by atoms with Gasteiger partial charge in [0, 0.05) is 18.5 Å². The molecule has 5 nitrogen and oxygen atoms in total. The minimum absolute atomic E-state index is 0.0280. The molecule has 1 aliphatic carbocycles. The highest BCUT2D eigenvalue weighted by atomic mass is 19.4. The van der Waals surface area contributed by atoms with Gasteiger partial charge in [0.1, 0.15) is 6.61 Å². The van der Waals surface area contributed by atoms with E-state index in [0.717, 1.165) is 22.3 Å². The Morgan fingerprint density at radius 3 is 2.21 bits per heavy atom. The number of carbonyl (C=O) groups excluding carboxylic acids is 1. The van der Waals surface area contributed by atoms with Gasteiger partial charge in [-0.2, -0.15) is 0 Å². The van der Waals surface area contributed by atoms with Crippen molar-refractivity contribution in [3.63, 3.8) is 0 Å². The highest BCUT2D eigenvalue weighted by Crippen LogP contribution is 2.44. The Balaban J connectivity index is 1.46. The molecule has 1 fully saturated rings. The minimum atomic E-state index is -4.75. The van der Waals surface area contributed by atoms with E-state index in [1.165, 1.54) is 4.90 Å². The molecular formula is C21H21F3N2O3. The highest BCUT2D eigenvalue weighted by molar-refractivity contribution is 5.79. The number of rotatable bonds is 4. The van der Waals surface area contributed by atoms with Gasteiger partial charge < -0.3 is 15.4 Å². The summed E-state index contributed by atoms with van der Waals surface area (Å²) < 4.78 is 47.1. The quantitative estimate of drug-likeness (QED) is 0.837. The molecule has 8 heteroatoms. The zero-order valence-corrected chi connectivity index (χ0v) is 15.6. The number of alkyl halides is 3. The van der Waals surface area contributed by atoms with Gasteiger partial charge in [-0.3, -0.25) is 4.74 Å². The summed E-state index contributed by atoms with van der Waals surface area (Å²) in [4.78, 5) is 13.9. The molecule has 0 bridgehead atoms. The molecule has 1 heterocycles. The Morgan fingerprint density at radius 1 is 1.07 bits per heavy atom. The lowest BCUT2D eigenvalue weighted by atomic mass is 9.98. The molecule has 0 aromatic heterocycles. The van der Waals surface area contributed by atoms with E-state index in [2.05, 4.69) is 4.74 Å². The molecule has 0 radical (unpaired) electrons. The number of hydrogen-bond acceptors (Lipinski definition) is 4. The second-order valence-corrected chi connectivity index (χ2v) is 7.27. The van der Waals surface area contributed by atoms with Crippen LogP contribution in [0.3, 0.4) is 0 Å². The maximum absolute atomic E-state index is 12.6. The Morgan fingerprint density at radius 2 is 1.66 bits per heavy atom. The summed E-state index contributed by atoms with van der Waals surface area (Å²) in [6.07, 6.45) is -6.53. The topological polar surface area (TPSA) is 64.8 Å². The van der Waals surface area contributed by atoms with E-state index in [4.69, 9.17) is 10.5 Å². The van der Waals surface area contributed by atoms with Crippen LogP contribution in [-0.4, -0.2) is 49.2 Å². The van der Waals surface area contributed by atoms with Crippen molar-refractivity contribution in [3.8, 4) is 11.1 Å². The van der Waals surface area contributed by atoms with Crippen molar-refractivity contribution in [2.24, 2.45) is 5.73 Å². The zero-order valence-electron chi connectivity index (χ0n) is 15.6. The van der Waals surface area contributed by atoms with Gasteiger partial charge in [-0.05, 0) is 28.7 Å². The maximum Gasteiger partial charge on any atom is 0.522 e. The second-order valence-electron chi connectivity index (χ2n) is 7.27. The Kier molecular flexibility index (Phi) is 5.23. The summed E-state index contributed by atoms with van der Waals surface area (Å²) in [5.74, 6) is -0.118. The van der Waals surface area contributed by atoms with Crippen molar-refractivity contribution >= 4 is 6.09 Å². The largest absolute Gasteiger partial charge is 0.522 e. The molecule has 2 aromatic rings. The van der Waals surface area contributed by atoms with E-state index < -0.39 is 24.6 Å². The summed E-state index contributed by atoms with van der Waals surface area (Å²) in [6.45, 7) is -0.0502. The van der Waals surface area contributed by atoms with Crippen LogP contribution < -0.4 is 5.73 Å². The number of hydrogen-bond donors (Lipinski definition) is 1. The molecule has 2 atom stereocenters. The van der Waals surface area contributed by atoms with Gasteiger partial charge in [-0.25, -0.2) is 4.79 Å². The van der Waals surface area contributed by atoms with Crippen molar-refractivity contribution in [2.75, 3.05) is 19.7 Å². The summed E-state index contributed by atoms with van der Waals surface area (Å²) >= 11 is 0. The molecule has 0 spiro atoms. The predicted molar refractivity (Wildman–Crippen MR) is 100 cm³/mol. The van der Waals surface area contributed by atoms with Gasteiger partial charge in [0.2, 0.25) is 0 Å². The number of nitrogens with zero attached hydrogens (tertiary/aromatic N) is 1. The van der Waals surface area contributed by atoms with Crippen LogP contribution >= 0.6 is 0 Å². The van der Waals surface area contributed by atoms with Crippen LogP contribution in [0.1, 0.15) is 23.5 Å². The molecule has 2 aliphatic rings.